The Balaban J connectivity index is 0.000000131. The zero-order valence-corrected chi connectivity index (χ0v) is 13.5. The Bertz CT molecular complexity index is 649. The molecule has 2 aromatic rings. The number of pyridine rings is 1. The molecular formula is C16H16INO2. The molecule has 0 radical (unpaired) electrons. The maximum Gasteiger partial charge on any atom is 0.264 e. The summed E-state index contributed by atoms with van der Waals surface area (Å²) in [6, 6.07) is 10.6. The van der Waals surface area contributed by atoms with Gasteiger partial charge < -0.3 is 9.30 Å². The van der Waals surface area contributed by atoms with Crippen LogP contribution in [0, 0.1) is 10.5 Å². The predicted molar refractivity (Wildman–Crippen MR) is 87.2 cm³/mol. The smallest absolute Gasteiger partial charge is 0.264 e. The number of hydrogen-bond acceptors (Lipinski definition) is 2. The summed E-state index contributed by atoms with van der Waals surface area (Å²) in [5, 5.41) is 0. The van der Waals surface area contributed by atoms with Gasteiger partial charge in [-0.05, 0) is 71.7 Å². The maximum atomic E-state index is 11.6. The van der Waals surface area contributed by atoms with E-state index in [1.807, 2.05) is 35.9 Å². The molecule has 1 aromatic heterocycles. The highest BCUT2D eigenvalue weighted by atomic mass is 127. The lowest BCUT2D eigenvalue weighted by Gasteiger charge is -2.11. The van der Waals surface area contributed by atoms with E-state index < -0.39 is 0 Å². The number of aromatic nitrogens is 1. The fourth-order valence-corrected chi connectivity index (χ4v) is 2.56. The third-order valence-corrected chi connectivity index (χ3v) is 4.83. The molecule has 0 amide bonds. The lowest BCUT2D eigenvalue weighted by atomic mass is 10.2. The van der Waals surface area contributed by atoms with Gasteiger partial charge in [0.1, 0.15) is 12.4 Å². The Kier molecular flexibility index (Phi) is 3.83. The van der Waals surface area contributed by atoms with Crippen molar-refractivity contribution in [3.8, 4) is 5.75 Å². The number of hydrogen-bond donors (Lipinski definition) is 0. The maximum absolute atomic E-state index is 11.6. The summed E-state index contributed by atoms with van der Waals surface area (Å²) in [5.74, 6) is 0.986. The lowest BCUT2D eigenvalue weighted by Crippen LogP contribution is -2.21. The number of nitrogens with zero attached hydrogens (tertiary/aromatic N) is 1. The van der Waals surface area contributed by atoms with Crippen molar-refractivity contribution in [3.05, 3.63) is 61.6 Å². The first-order chi connectivity index (χ1) is 9.65. The average Bonchev–Trinajstić information content (AvgIpc) is 3.32. The van der Waals surface area contributed by atoms with Crippen LogP contribution in [0.5, 0.6) is 5.75 Å². The molecule has 0 spiro atoms. The molecule has 0 saturated heterocycles. The first kappa shape index (κ1) is 13.7. The minimum absolute atomic E-state index is 0.179. The summed E-state index contributed by atoms with van der Waals surface area (Å²) in [5.41, 5.74) is 2.52. The van der Waals surface area contributed by atoms with Gasteiger partial charge in [0, 0.05) is 12.2 Å². The van der Waals surface area contributed by atoms with Crippen molar-refractivity contribution in [3.63, 3.8) is 0 Å². The molecule has 0 atom stereocenters. The Hall–Kier alpha value is -1.30. The van der Waals surface area contributed by atoms with Crippen molar-refractivity contribution < 1.29 is 4.74 Å². The molecule has 3 aliphatic rings. The molecule has 4 heteroatoms. The van der Waals surface area contributed by atoms with E-state index in [4.69, 9.17) is 4.74 Å². The van der Waals surface area contributed by atoms with Crippen molar-refractivity contribution >= 4 is 22.6 Å². The van der Waals surface area contributed by atoms with Crippen molar-refractivity contribution in [1.29, 1.82) is 0 Å². The van der Waals surface area contributed by atoms with Crippen LogP contribution in [-0.4, -0.2) is 4.57 Å². The van der Waals surface area contributed by atoms with Crippen molar-refractivity contribution in [1.82, 2.24) is 4.57 Å². The number of halogens is 1. The highest BCUT2D eigenvalue weighted by molar-refractivity contribution is 14.1. The normalized spacial score (nSPS) is 15.3. The van der Waals surface area contributed by atoms with Crippen molar-refractivity contribution in [2.24, 2.45) is 0 Å². The summed E-state index contributed by atoms with van der Waals surface area (Å²) in [4.78, 5) is 11.6. The first-order valence-corrected chi connectivity index (χ1v) is 7.82. The fourth-order valence-electron chi connectivity index (χ4n) is 2.10. The van der Waals surface area contributed by atoms with Crippen LogP contribution < -0.4 is 10.3 Å². The van der Waals surface area contributed by atoms with Gasteiger partial charge >= 0.3 is 0 Å². The van der Waals surface area contributed by atoms with E-state index in [2.05, 4.69) is 34.7 Å². The highest BCUT2D eigenvalue weighted by Gasteiger charge is 2.24. The van der Waals surface area contributed by atoms with Gasteiger partial charge in [0.25, 0.3) is 5.56 Å². The Morgan fingerprint density at radius 2 is 1.90 bits per heavy atom. The van der Waals surface area contributed by atoms with Crippen LogP contribution in [-0.2, 0) is 6.61 Å². The number of aryl methyl sites for hydroxylation is 1. The molecule has 1 aromatic carbocycles. The molecule has 1 saturated carbocycles. The minimum Gasteiger partial charge on any atom is -0.489 e. The van der Waals surface area contributed by atoms with Crippen LogP contribution in [0.3, 0.4) is 0 Å². The molecular weight excluding hydrogens is 365 g/mol. The minimum atomic E-state index is 0.179. The van der Waals surface area contributed by atoms with Gasteiger partial charge in [0.15, 0.2) is 0 Å². The van der Waals surface area contributed by atoms with Gasteiger partial charge in [-0.15, -0.1) is 0 Å². The summed E-state index contributed by atoms with van der Waals surface area (Å²) in [7, 11) is 0. The second-order valence-corrected chi connectivity index (χ2v) is 6.27. The molecule has 20 heavy (non-hydrogen) atoms. The SMILES string of the molecule is Cc1ccn(C2CC2)c(=O)c1I.c1cc2ccc1CO2. The second-order valence-electron chi connectivity index (χ2n) is 5.19. The van der Waals surface area contributed by atoms with E-state index in [0.717, 1.165) is 21.5 Å². The van der Waals surface area contributed by atoms with E-state index in [-0.39, 0.29) is 5.56 Å². The monoisotopic (exact) mass is 381 g/mol. The molecule has 104 valence electrons. The largest absolute Gasteiger partial charge is 0.489 e. The zero-order chi connectivity index (χ0) is 14.1. The van der Waals surface area contributed by atoms with E-state index in [0.29, 0.717) is 6.04 Å². The topological polar surface area (TPSA) is 31.2 Å². The van der Waals surface area contributed by atoms with Gasteiger partial charge in [0.2, 0.25) is 0 Å². The standard InChI is InChI=1S/C9H10INO.C7H6O/c1-6-4-5-11(7-2-3-7)9(12)8(6)10;1-3-7-4-2-6(1)5-8-7/h4-5,7H,2-3H2,1H3;1-4H,5H2. The van der Waals surface area contributed by atoms with Gasteiger partial charge in [-0.3, -0.25) is 4.79 Å². The van der Waals surface area contributed by atoms with Crippen LogP contribution >= 0.6 is 22.6 Å². The molecule has 0 N–H and O–H groups in total. The first-order valence-electron chi connectivity index (χ1n) is 6.74. The van der Waals surface area contributed by atoms with Crippen LogP contribution in [0.4, 0.5) is 0 Å². The molecule has 2 aliphatic heterocycles. The third-order valence-electron chi connectivity index (χ3n) is 3.52. The van der Waals surface area contributed by atoms with Crippen LogP contribution in [0.25, 0.3) is 0 Å². The Morgan fingerprint density at radius 1 is 1.20 bits per heavy atom. The highest BCUT2D eigenvalue weighted by Crippen LogP contribution is 2.33. The number of benzene rings is 1. The lowest BCUT2D eigenvalue weighted by molar-refractivity contribution is 0.295. The van der Waals surface area contributed by atoms with Gasteiger partial charge in [0.05, 0.1) is 3.57 Å². The van der Waals surface area contributed by atoms with E-state index in [9.17, 15) is 4.79 Å². The molecule has 3 nitrogen and oxygen atoms in total. The van der Waals surface area contributed by atoms with Crippen LogP contribution in [0.1, 0.15) is 30.0 Å². The molecule has 5 rings (SSSR count). The van der Waals surface area contributed by atoms with Crippen LogP contribution in [0.2, 0.25) is 0 Å². The molecule has 1 aliphatic carbocycles. The number of fused-ring (bicyclic) bond motifs is 3. The van der Waals surface area contributed by atoms with E-state index in [1.165, 1.54) is 18.4 Å². The van der Waals surface area contributed by atoms with Gasteiger partial charge in [-0.2, -0.15) is 0 Å². The number of ether oxygens (including phenoxy) is 1. The summed E-state index contributed by atoms with van der Waals surface area (Å²) < 4.78 is 7.90. The Labute approximate surface area is 131 Å². The summed E-state index contributed by atoms with van der Waals surface area (Å²) >= 11 is 2.12. The number of rotatable bonds is 1. The van der Waals surface area contributed by atoms with Crippen molar-refractivity contribution in [2.45, 2.75) is 32.4 Å². The Morgan fingerprint density at radius 3 is 2.30 bits per heavy atom. The molecule has 3 heterocycles. The quantitative estimate of drug-likeness (QED) is 0.706. The molecule has 0 unspecified atom stereocenters. The predicted octanol–water partition coefficient (Wildman–Crippen LogP) is 3.68. The van der Waals surface area contributed by atoms with Crippen molar-refractivity contribution in [2.75, 3.05) is 0 Å². The third kappa shape index (κ3) is 2.90. The van der Waals surface area contributed by atoms with Crippen LogP contribution in [0.15, 0.2) is 41.3 Å². The molecule has 1 fully saturated rings. The zero-order valence-electron chi connectivity index (χ0n) is 11.3. The fraction of sp³-hybridized carbons (Fsp3) is 0.312. The van der Waals surface area contributed by atoms with E-state index in [1.54, 1.807) is 0 Å². The molecule has 2 bridgehead atoms. The summed E-state index contributed by atoms with van der Waals surface area (Å²) in [6.07, 6.45) is 4.25. The van der Waals surface area contributed by atoms with E-state index >= 15 is 0 Å². The van der Waals surface area contributed by atoms with Gasteiger partial charge in [-0.25, -0.2) is 0 Å². The summed E-state index contributed by atoms with van der Waals surface area (Å²) in [6.45, 7) is 2.74. The average molecular weight is 381 g/mol. The second kappa shape index (κ2) is 5.60. The van der Waals surface area contributed by atoms with Gasteiger partial charge in [-0.1, -0.05) is 12.1 Å².